The van der Waals surface area contributed by atoms with Gasteiger partial charge in [0.1, 0.15) is 0 Å². The third kappa shape index (κ3) is 5.50. The number of benzene rings is 1. The summed E-state index contributed by atoms with van der Waals surface area (Å²) < 4.78 is 0. The molecule has 1 N–H and O–H groups in total. The van der Waals surface area contributed by atoms with Gasteiger partial charge in [0.25, 0.3) is 0 Å². The molecule has 1 rings (SSSR count). The fraction of sp³-hybridized carbons (Fsp3) is 0.529. The van der Waals surface area contributed by atoms with E-state index in [0.717, 1.165) is 13.0 Å². The van der Waals surface area contributed by atoms with Crippen LogP contribution >= 0.6 is 0 Å². The van der Waals surface area contributed by atoms with Crippen LogP contribution in [0.15, 0.2) is 35.9 Å². The van der Waals surface area contributed by atoms with Crippen LogP contribution in [-0.2, 0) is 6.42 Å². The van der Waals surface area contributed by atoms with Gasteiger partial charge >= 0.3 is 0 Å². The van der Waals surface area contributed by atoms with Crippen LogP contribution < -0.4 is 5.32 Å². The van der Waals surface area contributed by atoms with Crippen molar-refractivity contribution in [2.45, 2.75) is 53.0 Å². The number of rotatable bonds is 7. The Labute approximate surface area is 112 Å². The van der Waals surface area contributed by atoms with Crippen LogP contribution in [0.25, 0.3) is 0 Å². The van der Waals surface area contributed by atoms with E-state index < -0.39 is 0 Å². The summed E-state index contributed by atoms with van der Waals surface area (Å²) in [6.45, 7) is 9.86. The molecule has 0 saturated carbocycles. The maximum absolute atomic E-state index is 3.61. The number of allylic oxidation sites excluding steroid dienone is 1. The zero-order valence-corrected chi connectivity index (χ0v) is 12.3. The summed E-state index contributed by atoms with van der Waals surface area (Å²) in [6.07, 6.45) is 5.87. The van der Waals surface area contributed by atoms with Crippen LogP contribution in [0.5, 0.6) is 0 Å². The lowest BCUT2D eigenvalue weighted by molar-refractivity contribution is 0.550. The zero-order valence-electron chi connectivity index (χ0n) is 12.3. The number of nitrogens with one attached hydrogen (secondary N) is 1. The van der Waals surface area contributed by atoms with E-state index in [2.05, 4.69) is 63.4 Å². The van der Waals surface area contributed by atoms with Crippen molar-refractivity contribution in [1.29, 1.82) is 0 Å². The Hall–Kier alpha value is -1.08. The Morgan fingerprint density at radius 1 is 1.28 bits per heavy atom. The Morgan fingerprint density at radius 2 is 2.00 bits per heavy atom. The van der Waals surface area contributed by atoms with Crippen molar-refractivity contribution in [3.05, 3.63) is 47.0 Å². The number of hydrogen-bond donors (Lipinski definition) is 1. The fourth-order valence-electron chi connectivity index (χ4n) is 2.18. The molecule has 0 aromatic heterocycles. The second kappa shape index (κ2) is 8.10. The van der Waals surface area contributed by atoms with Gasteiger partial charge in [-0.25, -0.2) is 0 Å². The van der Waals surface area contributed by atoms with E-state index in [1.807, 2.05) is 0 Å². The smallest absolute Gasteiger partial charge is 0.0255 e. The van der Waals surface area contributed by atoms with Crippen molar-refractivity contribution in [1.82, 2.24) is 5.32 Å². The molecule has 0 aliphatic heterocycles. The van der Waals surface area contributed by atoms with E-state index in [0.29, 0.717) is 6.04 Å². The molecule has 0 amide bonds. The number of hydrogen-bond acceptors (Lipinski definition) is 1. The van der Waals surface area contributed by atoms with Crippen LogP contribution in [0.1, 0.15) is 44.7 Å². The highest BCUT2D eigenvalue weighted by atomic mass is 14.9. The average Bonchev–Trinajstić information content (AvgIpc) is 2.34. The molecule has 0 fully saturated rings. The Kier molecular flexibility index (Phi) is 6.74. The lowest BCUT2D eigenvalue weighted by Crippen LogP contribution is -2.28. The first kappa shape index (κ1) is 15.0. The average molecular weight is 245 g/mol. The molecular formula is C17H27N. The molecule has 0 bridgehead atoms. The molecule has 18 heavy (non-hydrogen) atoms. The highest BCUT2D eigenvalue weighted by molar-refractivity contribution is 5.25. The first-order chi connectivity index (χ1) is 8.63. The predicted molar refractivity (Wildman–Crippen MR) is 81.0 cm³/mol. The summed E-state index contributed by atoms with van der Waals surface area (Å²) in [6, 6.07) is 9.20. The van der Waals surface area contributed by atoms with E-state index in [4.69, 9.17) is 0 Å². The Morgan fingerprint density at radius 3 is 2.61 bits per heavy atom. The monoisotopic (exact) mass is 245 g/mol. The normalized spacial score (nSPS) is 12.2. The summed E-state index contributed by atoms with van der Waals surface area (Å²) in [5, 5.41) is 3.61. The molecular weight excluding hydrogens is 218 g/mol. The second-order valence-corrected chi connectivity index (χ2v) is 5.27. The van der Waals surface area contributed by atoms with Crippen molar-refractivity contribution in [3.63, 3.8) is 0 Å². The van der Waals surface area contributed by atoms with Gasteiger partial charge in [-0.15, -0.1) is 0 Å². The molecule has 100 valence electrons. The largest absolute Gasteiger partial charge is 0.311 e. The van der Waals surface area contributed by atoms with E-state index in [1.54, 1.807) is 0 Å². The molecule has 0 radical (unpaired) electrons. The second-order valence-electron chi connectivity index (χ2n) is 5.27. The van der Waals surface area contributed by atoms with E-state index in [-0.39, 0.29) is 0 Å². The summed E-state index contributed by atoms with van der Waals surface area (Å²) in [4.78, 5) is 0. The van der Waals surface area contributed by atoms with Crippen molar-refractivity contribution in [2.75, 3.05) is 6.54 Å². The Balaban J connectivity index is 2.56. The van der Waals surface area contributed by atoms with Crippen LogP contribution in [0.3, 0.4) is 0 Å². The summed E-state index contributed by atoms with van der Waals surface area (Å²) in [7, 11) is 0. The molecule has 0 aliphatic rings. The standard InChI is InChI=1S/C17H27N/c1-5-12-18-17(13-14(2)3)11-10-16-9-7-6-8-15(16)4/h6-9,13,17-18H,5,10-12H2,1-4H3. The molecule has 0 heterocycles. The first-order valence-corrected chi connectivity index (χ1v) is 7.06. The van der Waals surface area contributed by atoms with Gasteiger partial charge in [0, 0.05) is 6.04 Å². The molecule has 1 aromatic rings. The van der Waals surface area contributed by atoms with E-state index in [9.17, 15) is 0 Å². The molecule has 1 atom stereocenters. The number of aryl methyl sites for hydroxylation is 2. The minimum Gasteiger partial charge on any atom is -0.311 e. The Bertz CT molecular complexity index is 375. The van der Waals surface area contributed by atoms with Crippen molar-refractivity contribution >= 4 is 0 Å². The van der Waals surface area contributed by atoms with E-state index >= 15 is 0 Å². The quantitative estimate of drug-likeness (QED) is 0.708. The molecule has 0 spiro atoms. The van der Waals surface area contributed by atoms with Gasteiger partial charge in [0.05, 0.1) is 0 Å². The van der Waals surface area contributed by atoms with Gasteiger partial charge in [-0.3, -0.25) is 0 Å². The van der Waals surface area contributed by atoms with Gasteiger partial charge in [-0.1, -0.05) is 42.8 Å². The van der Waals surface area contributed by atoms with Gasteiger partial charge in [0.2, 0.25) is 0 Å². The van der Waals surface area contributed by atoms with Crippen LogP contribution in [0, 0.1) is 6.92 Å². The predicted octanol–water partition coefficient (Wildman–Crippen LogP) is 4.26. The third-order valence-electron chi connectivity index (χ3n) is 3.18. The van der Waals surface area contributed by atoms with Crippen LogP contribution in [0.4, 0.5) is 0 Å². The van der Waals surface area contributed by atoms with Crippen molar-refractivity contribution < 1.29 is 0 Å². The summed E-state index contributed by atoms with van der Waals surface area (Å²) in [5.74, 6) is 0. The minimum atomic E-state index is 0.509. The first-order valence-electron chi connectivity index (χ1n) is 7.06. The topological polar surface area (TPSA) is 12.0 Å². The molecule has 1 unspecified atom stereocenters. The maximum Gasteiger partial charge on any atom is 0.0255 e. The highest BCUT2D eigenvalue weighted by Crippen LogP contribution is 2.12. The van der Waals surface area contributed by atoms with Gasteiger partial charge in [0.15, 0.2) is 0 Å². The van der Waals surface area contributed by atoms with Gasteiger partial charge in [-0.05, 0) is 57.7 Å². The molecule has 0 aliphatic carbocycles. The third-order valence-corrected chi connectivity index (χ3v) is 3.18. The van der Waals surface area contributed by atoms with Crippen molar-refractivity contribution in [2.24, 2.45) is 0 Å². The van der Waals surface area contributed by atoms with Gasteiger partial charge < -0.3 is 5.32 Å². The van der Waals surface area contributed by atoms with E-state index in [1.165, 1.54) is 29.5 Å². The zero-order chi connectivity index (χ0) is 13.4. The van der Waals surface area contributed by atoms with Crippen molar-refractivity contribution in [3.8, 4) is 0 Å². The summed E-state index contributed by atoms with van der Waals surface area (Å²) in [5.41, 5.74) is 4.28. The minimum absolute atomic E-state index is 0.509. The molecule has 1 nitrogen and oxygen atoms in total. The molecule has 1 aromatic carbocycles. The molecule has 1 heteroatoms. The summed E-state index contributed by atoms with van der Waals surface area (Å²) >= 11 is 0. The lowest BCUT2D eigenvalue weighted by Gasteiger charge is -2.16. The van der Waals surface area contributed by atoms with Gasteiger partial charge in [-0.2, -0.15) is 0 Å². The fourth-order valence-corrected chi connectivity index (χ4v) is 2.18. The molecule has 0 saturated heterocycles. The maximum atomic E-state index is 3.61. The van der Waals surface area contributed by atoms with Crippen LogP contribution in [0.2, 0.25) is 0 Å². The lowest BCUT2D eigenvalue weighted by atomic mass is 10.00. The van der Waals surface area contributed by atoms with Crippen LogP contribution in [-0.4, -0.2) is 12.6 Å². The highest BCUT2D eigenvalue weighted by Gasteiger charge is 2.05. The SMILES string of the molecule is CCCNC(C=C(C)C)CCc1ccccc1C.